The number of benzene rings is 1. The van der Waals surface area contributed by atoms with Gasteiger partial charge >= 0.3 is 0 Å². The van der Waals surface area contributed by atoms with Crippen molar-refractivity contribution >= 4 is 33.2 Å². The number of nitrogens with zero attached hydrogens (tertiary/aromatic N) is 1. The lowest BCUT2D eigenvalue weighted by Gasteiger charge is -2.10. The molecule has 1 aromatic heterocycles. The molecule has 0 amide bonds. The third-order valence-corrected chi connectivity index (χ3v) is 3.39. The maximum absolute atomic E-state index is 11.5. The van der Waals surface area contributed by atoms with Crippen molar-refractivity contribution < 1.29 is 0 Å². The van der Waals surface area contributed by atoms with Crippen LogP contribution < -0.4 is 10.9 Å². The van der Waals surface area contributed by atoms with Crippen LogP contribution in [-0.2, 0) is 6.54 Å². The molecule has 0 radical (unpaired) electrons. The van der Waals surface area contributed by atoms with Crippen molar-refractivity contribution in [2.75, 3.05) is 11.9 Å². The number of hydrogen-bond acceptors (Lipinski definition) is 2. The highest BCUT2D eigenvalue weighted by molar-refractivity contribution is 9.10. The van der Waals surface area contributed by atoms with Gasteiger partial charge in [0.25, 0.3) is 5.56 Å². The van der Waals surface area contributed by atoms with E-state index in [2.05, 4.69) is 21.2 Å². The second-order valence-electron chi connectivity index (χ2n) is 3.78. The first kappa shape index (κ1) is 13.2. The molecule has 3 nitrogen and oxygen atoms in total. The summed E-state index contributed by atoms with van der Waals surface area (Å²) in [6.45, 7) is 1.29. The molecule has 0 atom stereocenters. The smallest absolute Gasteiger partial charge is 0.250 e. The summed E-state index contributed by atoms with van der Waals surface area (Å²) < 4.78 is 2.58. The zero-order valence-electron chi connectivity index (χ0n) is 9.57. The maximum Gasteiger partial charge on any atom is 0.250 e. The van der Waals surface area contributed by atoms with Gasteiger partial charge in [-0.2, -0.15) is 0 Å². The van der Waals surface area contributed by atoms with Crippen LogP contribution in [0.15, 0.2) is 51.9 Å². The van der Waals surface area contributed by atoms with E-state index >= 15 is 0 Å². The van der Waals surface area contributed by atoms with Crippen molar-refractivity contribution in [3.8, 4) is 0 Å². The Hall–Kier alpha value is -1.26. The SMILES string of the molecule is O=c1ccccn1CCNc1ccc(Cl)cc1Br. The molecule has 18 heavy (non-hydrogen) atoms. The lowest BCUT2D eigenvalue weighted by Crippen LogP contribution is -2.22. The van der Waals surface area contributed by atoms with Crippen LogP contribution in [0, 0.1) is 0 Å². The van der Waals surface area contributed by atoms with E-state index < -0.39 is 0 Å². The number of anilines is 1. The first-order chi connectivity index (χ1) is 8.66. The zero-order chi connectivity index (χ0) is 13.0. The fourth-order valence-electron chi connectivity index (χ4n) is 1.59. The average Bonchev–Trinajstić information content (AvgIpc) is 2.34. The van der Waals surface area contributed by atoms with Gasteiger partial charge in [0.1, 0.15) is 0 Å². The molecule has 1 N–H and O–H groups in total. The summed E-state index contributed by atoms with van der Waals surface area (Å²) in [7, 11) is 0. The molecule has 1 heterocycles. The van der Waals surface area contributed by atoms with Gasteiger partial charge in [0.05, 0.1) is 0 Å². The molecule has 0 saturated carbocycles. The second kappa shape index (κ2) is 6.07. The highest BCUT2D eigenvalue weighted by atomic mass is 79.9. The number of hydrogen-bond donors (Lipinski definition) is 1. The van der Waals surface area contributed by atoms with Crippen LogP contribution in [0.3, 0.4) is 0 Å². The fraction of sp³-hybridized carbons (Fsp3) is 0.154. The van der Waals surface area contributed by atoms with Crippen LogP contribution in [0.5, 0.6) is 0 Å². The summed E-state index contributed by atoms with van der Waals surface area (Å²) in [4.78, 5) is 11.5. The maximum atomic E-state index is 11.5. The largest absolute Gasteiger partial charge is 0.382 e. The van der Waals surface area contributed by atoms with Crippen LogP contribution in [0.1, 0.15) is 0 Å². The van der Waals surface area contributed by atoms with Crippen LogP contribution in [0.4, 0.5) is 5.69 Å². The minimum absolute atomic E-state index is 0.00877. The molecule has 2 aromatic rings. The van der Waals surface area contributed by atoms with E-state index in [0.29, 0.717) is 18.1 Å². The zero-order valence-corrected chi connectivity index (χ0v) is 11.9. The highest BCUT2D eigenvalue weighted by Crippen LogP contribution is 2.25. The Morgan fingerprint density at radius 1 is 1.28 bits per heavy atom. The number of aromatic nitrogens is 1. The fourth-order valence-corrected chi connectivity index (χ4v) is 2.41. The number of halogens is 2. The Balaban J connectivity index is 1.97. The van der Waals surface area contributed by atoms with E-state index in [1.165, 1.54) is 0 Å². The molecule has 0 aliphatic carbocycles. The van der Waals surface area contributed by atoms with E-state index in [4.69, 9.17) is 11.6 Å². The highest BCUT2D eigenvalue weighted by Gasteiger charge is 2.00. The Labute approximate surface area is 119 Å². The molecule has 0 aliphatic heterocycles. The van der Waals surface area contributed by atoms with Gasteiger partial charge in [-0.1, -0.05) is 17.7 Å². The van der Waals surface area contributed by atoms with Crippen LogP contribution in [0.25, 0.3) is 0 Å². The van der Waals surface area contributed by atoms with Crippen molar-refractivity contribution in [1.82, 2.24) is 4.57 Å². The third kappa shape index (κ3) is 3.37. The second-order valence-corrected chi connectivity index (χ2v) is 5.07. The lowest BCUT2D eigenvalue weighted by molar-refractivity contribution is 0.697. The quantitative estimate of drug-likeness (QED) is 0.934. The lowest BCUT2D eigenvalue weighted by atomic mass is 10.3. The summed E-state index contributed by atoms with van der Waals surface area (Å²) >= 11 is 9.30. The van der Waals surface area contributed by atoms with Crippen molar-refractivity contribution in [2.45, 2.75) is 6.54 Å². The molecule has 94 valence electrons. The van der Waals surface area contributed by atoms with Crippen LogP contribution in [0.2, 0.25) is 5.02 Å². The summed E-state index contributed by atoms with van der Waals surface area (Å²) in [6.07, 6.45) is 1.78. The molecule has 5 heteroatoms. The van der Waals surface area contributed by atoms with Crippen molar-refractivity contribution in [3.63, 3.8) is 0 Å². The van der Waals surface area contributed by atoms with E-state index in [-0.39, 0.29) is 5.56 Å². The number of pyridine rings is 1. The van der Waals surface area contributed by atoms with Crippen LogP contribution >= 0.6 is 27.5 Å². The molecular formula is C13H12BrClN2O. The predicted molar refractivity (Wildman–Crippen MR) is 78.3 cm³/mol. The van der Waals surface area contributed by atoms with E-state index in [1.54, 1.807) is 22.9 Å². The summed E-state index contributed by atoms with van der Waals surface area (Å²) in [6, 6.07) is 10.7. The minimum Gasteiger partial charge on any atom is -0.382 e. The normalized spacial score (nSPS) is 10.3. The molecule has 0 bridgehead atoms. The van der Waals surface area contributed by atoms with Gasteiger partial charge in [0.2, 0.25) is 0 Å². The van der Waals surface area contributed by atoms with Crippen molar-refractivity contribution in [1.29, 1.82) is 0 Å². The Morgan fingerprint density at radius 2 is 2.11 bits per heavy atom. The van der Waals surface area contributed by atoms with Gasteiger partial charge in [-0.25, -0.2) is 0 Å². The molecule has 1 aromatic carbocycles. The monoisotopic (exact) mass is 326 g/mol. The van der Waals surface area contributed by atoms with E-state index in [9.17, 15) is 4.79 Å². The molecule has 0 aliphatic rings. The minimum atomic E-state index is 0.00877. The Kier molecular flexibility index (Phi) is 4.44. The van der Waals surface area contributed by atoms with Crippen molar-refractivity contribution in [2.24, 2.45) is 0 Å². The first-order valence-corrected chi connectivity index (χ1v) is 6.68. The summed E-state index contributed by atoms with van der Waals surface area (Å²) in [5, 5.41) is 3.94. The van der Waals surface area contributed by atoms with Crippen molar-refractivity contribution in [3.05, 3.63) is 62.4 Å². The molecule has 0 unspecified atom stereocenters. The molecule has 2 rings (SSSR count). The summed E-state index contributed by atoms with van der Waals surface area (Å²) in [5.74, 6) is 0. The van der Waals surface area contributed by atoms with Gasteiger partial charge in [0, 0.05) is 40.5 Å². The van der Waals surface area contributed by atoms with Gasteiger partial charge in [-0.3, -0.25) is 4.79 Å². The van der Waals surface area contributed by atoms with Crippen LogP contribution in [-0.4, -0.2) is 11.1 Å². The van der Waals surface area contributed by atoms with Gasteiger partial charge in [-0.05, 0) is 40.2 Å². The van der Waals surface area contributed by atoms with Gasteiger partial charge < -0.3 is 9.88 Å². The van der Waals surface area contributed by atoms with E-state index in [1.807, 2.05) is 24.3 Å². The first-order valence-electron chi connectivity index (χ1n) is 5.51. The topological polar surface area (TPSA) is 34.0 Å². The molecular weight excluding hydrogens is 316 g/mol. The van der Waals surface area contributed by atoms with E-state index in [0.717, 1.165) is 10.2 Å². The Morgan fingerprint density at radius 3 is 2.83 bits per heavy atom. The molecule has 0 saturated heterocycles. The molecule has 0 fully saturated rings. The third-order valence-electron chi connectivity index (χ3n) is 2.50. The van der Waals surface area contributed by atoms with Gasteiger partial charge in [0.15, 0.2) is 0 Å². The predicted octanol–water partition coefficient (Wildman–Crippen LogP) is 3.38. The number of nitrogens with one attached hydrogen (secondary N) is 1. The standard InChI is InChI=1S/C13H12BrClN2O/c14-11-9-10(15)4-5-12(11)16-6-8-17-7-2-1-3-13(17)18/h1-5,7,9,16H,6,8H2. The summed E-state index contributed by atoms with van der Waals surface area (Å²) in [5.41, 5.74) is 0.970. The average molecular weight is 328 g/mol. The Bertz CT molecular complexity index is 598. The van der Waals surface area contributed by atoms with Gasteiger partial charge in [-0.15, -0.1) is 0 Å². The molecule has 0 spiro atoms. The number of rotatable bonds is 4.